The summed E-state index contributed by atoms with van der Waals surface area (Å²) in [5.74, 6) is 2.33. The second-order valence-corrected chi connectivity index (χ2v) is 13.0. The van der Waals surface area contributed by atoms with E-state index in [0.717, 1.165) is 38.5 Å². The number of carbonyl (C=O) groups excluding carboxylic acids is 2. The first kappa shape index (κ1) is 24.4. The number of fused-ring (bicyclic) bond motifs is 5. The number of Topliss-reactive ketones (excluding diaryl/α,β-unsaturated/α-hetero) is 2. The Balaban J connectivity index is 1.55. The van der Waals surface area contributed by atoms with Gasteiger partial charge in [-0.1, -0.05) is 41.5 Å². The minimum absolute atomic E-state index is 0.00260. The molecule has 4 fully saturated rings. The van der Waals surface area contributed by atoms with Crippen molar-refractivity contribution >= 4 is 11.6 Å². The zero-order valence-corrected chi connectivity index (χ0v) is 21.1. The minimum Gasteiger partial charge on any atom is -0.393 e. The van der Waals surface area contributed by atoms with Crippen molar-refractivity contribution in [2.24, 2.45) is 58.2 Å². The smallest absolute Gasteiger partial charge is 0.164 e. The summed E-state index contributed by atoms with van der Waals surface area (Å²) in [4.78, 5) is 26.2. The predicted octanol–water partition coefficient (Wildman–Crippen LogP) is 5.04. The third-order valence-electron chi connectivity index (χ3n) is 11.4. The molecule has 0 radical (unpaired) electrons. The highest BCUT2D eigenvalue weighted by atomic mass is 16.3. The third kappa shape index (κ3) is 3.63. The van der Waals surface area contributed by atoms with Gasteiger partial charge in [0, 0.05) is 18.3 Å². The second-order valence-electron chi connectivity index (χ2n) is 13.0. The van der Waals surface area contributed by atoms with Crippen LogP contribution in [0.4, 0.5) is 0 Å². The molecule has 0 heterocycles. The van der Waals surface area contributed by atoms with E-state index in [9.17, 15) is 19.8 Å². The van der Waals surface area contributed by atoms with E-state index < -0.39 is 6.10 Å². The number of carbonyl (C=O) groups is 2. The van der Waals surface area contributed by atoms with Gasteiger partial charge in [0.05, 0.1) is 6.10 Å². The Labute approximate surface area is 194 Å². The number of ketones is 2. The van der Waals surface area contributed by atoms with E-state index in [4.69, 9.17) is 0 Å². The zero-order chi connectivity index (χ0) is 23.6. The molecule has 0 aromatic carbocycles. The molecule has 4 rings (SSSR count). The molecule has 0 unspecified atom stereocenters. The van der Waals surface area contributed by atoms with Crippen LogP contribution in [0.5, 0.6) is 0 Å². The first-order valence-corrected chi connectivity index (χ1v) is 13.3. The second kappa shape index (κ2) is 8.48. The molecular formula is C28H46O4. The Bertz CT molecular complexity index is 746. The van der Waals surface area contributed by atoms with E-state index >= 15 is 0 Å². The van der Waals surface area contributed by atoms with Gasteiger partial charge < -0.3 is 10.2 Å². The fourth-order valence-electron chi connectivity index (χ4n) is 9.00. The van der Waals surface area contributed by atoms with Crippen LogP contribution in [0.3, 0.4) is 0 Å². The lowest BCUT2D eigenvalue weighted by Crippen LogP contribution is -2.57. The summed E-state index contributed by atoms with van der Waals surface area (Å²) in [6.07, 6.45) is 6.36. The van der Waals surface area contributed by atoms with Gasteiger partial charge in [0.2, 0.25) is 0 Å². The van der Waals surface area contributed by atoms with Crippen LogP contribution in [-0.2, 0) is 9.59 Å². The van der Waals surface area contributed by atoms with Crippen molar-refractivity contribution in [1.82, 2.24) is 0 Å². The fraction of sp³-hybridized carbons (Fsp3) is 0.929. The molecule has 11 atom stereocenters. The number of rotatable bonds is 5. The molecule has 0 aliphatic heterocycles. The number of hydrogen-bond acceptors (Lipinski definition) is 4. The van der Waals surface area contributed by atoms with Crippen molar-refractivity contribution in [2.75, 3.05) is 0 Å². The summed E-state index contributed by atoms with van der Waals surface area (Å²) < 4.78 is 0. The van der Waals surface area contributed by atoms with Gasteiger partial charge in [0.25, 0.3) is 0 Å². The third-order valence-corrected chi connectivity index (χ3v) is 11.4. The van der Waals surface area contributed by atoms with Crippen LogP contribution in [0.1, 0.15) is 92.9 Å². The van der Waals surface area contributed by atoms with Crippen LogP contribution in [-0.4, -0.2) is 34.0 Å². The van der Waals surface area contributed by atoms with Crippen LogP contribution in [0, 0.1) is 58.2 Å². The van der Waals surface area contributed by atoms with Crippen LogP contribution < -0.4 is 0 Å². The maximum atomic E-state index is 13.3. The van der Waals surface area contributed by atoms with Crippen molar-refractivity contribution in [3.05, 3.63) is 0 Å². The number of hydrogen-bond donors (Lipinski definition) is 2. The standard InChI is InChI=1S/C28H46O4/c1-15(2)16(3)25(31)26(32)17(4)20-7-8-21-19-14-24(30)23-13-18(29)9-11-28(23,6)22(19)10-12-27(20,21)5/h15-23,26,29,32H,7-14H2,1-6H3/t16-,17-,18+,19-,20+,21-,22-,23+,26+,27+,28+/m0/s1. The van der Waals surface area contributed by atoms with Crippen molar-refractivity contribution in [1.29, 1.82) is 0 Å². The summed E-state index contributed by atoms with van der Waals surface area (Å²) in [5, 5.41) is 21.3. The molecule has 182 valence electrons. The van der Waals surface area contributed by atoms with E-state index in [0.29, 0.717) is 42.3 Å². The van der Waals surface area contributed by atoms with Crippen LogP contribution in [0.25, 0.3) is 0 Å². The molecule has 0 aromatic rings. The van der Waals surface area contributed by atoms with Gasteiger partial charge in [-0.15, -0.1) is 0 Å². The molecule has 0 amide bonds. The average Bonchev–Trinajstić information content (AvgIpc) is 3.10. The van der Waals surface area contributed by atoms with Gasteiger partial charge in [0.15, 0.2) is 5.78 Å². The lowest BCUT2D eigenvalue weighted by atomic mass is 9.44. The Morgan fingerprint density at radius 1 is 0.969 bits per heavy atom. The van der Waals surface area contributed by atoms with Gasteiger partial charge in [0.1, 0.15) is 11.9 Å². The maximum absolute atomic E-state index is 13.3. The highest BCUT2D eigenvalue weighted by molar-refractivity contribution is 5.85. The van der Waals surface area contributed by atoms with Crippen LogP contribution in [0.2, 0.25) is 0 Å². The largest absolute Gasteiger partial charge is 0.393 e. The van der Waals surface area contributed by atoms with Gasteiger partial charge >= 0.3 is 0 Å². The fourth-order valence-corrected chi connectivity index (χ4v) is 9.00. The summed E-state index contributed by atoms with van der Waals surface area (Å²) in [6, 6.07) is 0. The molecular weight excluding hydrogens is 400 g/mol. The summed E-state index contributed by atoms with van der Waals surface area (Å²) in [6.45, 7) is 12.9. The highest BCUT2D eigenvalue weighted by Gasteiger charge is 2.63. The Morgan fingerprint density at radius 2 is 1.59 bits per heavy atom. The summed E-state index contributed by atoms with van der Waals surface area (Å²) in [5.41, 5.74) is 0.132. The van der Waals surface area contributed by atoms with Gasteiger partial charge in [-0.05, 0) is 91.3 Å². The Morgan fingerprint density at radius 3 is 2.25 bits per heavy atom. The van der Waals surface area contributed by atoms with E-state index in [2.05, 4.69) is 20.8 Å². The Hall–Kier alpha value is -0.740. The average molecular weight is 447 g/mol. The van der Waals surface area contributed by atoms with Crippen LogP contribution >= 0.6 is 0 Å². The van der Waals surface area contributed by atoms with Crippen molar-refractivity contribution < 1.29 is 19.8 Å². The summed E-state index contributed by atoms with van der Waals surface area (Å²) >= 11 is 0. The zero-order valence-electron chi connectivity index (χ0n) is 21.1. The minimum atomic E-state index is -0.889. The SMILES string of the molecule is CC(C)[C@H](C)C(=O)[C@H](O)[C@@H](C)[C@H]1CC[C@H]2[C@@H]3CC(=O)[C@H]4C[C@H](O)CC[C@]4(C)[C@H]3CC[C@]12C. The molecule has 0 saturated heterocycles. The monoisotopic (exact) mass is 446 g/mol. The predicted molar refractivity (Wildman–Crippen MR) is 126 cm³/mol. The number of aliphatic hydroxyl groups excluding tert-OH is 2. The van der Waals surface area contributed by atoms with E-state index in [1.54, 1.807) is 0 Å². The lowest BCUT2D eigenvalue weighted by Gasteiger charge is -2.60. The normalized spacial score (nSPS) is 46.7. The van der Waals surface area contributed by atoms with Crippen molar-refractivity contribution in [3.63, 3.8) is 0 Å². The lowest BCUT2D eigenvalue weighted by molar-refractivity contribution is -0.161. The molecule has 4 nitrogen and oxygen atoms in total. The van der Waals surface area contributed by atoms with Gasteiger partial charge in [-0.25, -0.2) is 0 Å². The number of aliphatic hydroxyl groups is 2. The molecule has 32 heavy (non-hydrogen) atoms. The molecule has 0 spiro atoms. The first-order valence-electron chi connectivity index (χ1n) is 13.3. The molecule has 4 heteroatoms. The van der Waals surface area contributed by atoms with E-state index in [1.165, 1.54) is 0 Å². The molecule has 4 aliphatic rings. The summed E-state index contributed by atoms with van der Waals surface area (Å²) in [7, 11) is 0. The van der Waals surface area contributed by atoms with E-state index in [1.807, 2.05) is 20.8 Å². The van der Waals surface area contributed by atoms with Crippen LogP contribution in [0.15, 0.2) is 0 Å². The van der Waals surface area contributed by atoms with Gasteiger partial charge in [-0.2, -0.15) is 0 Å². The maximum Gasteiger partial charge on any atom is 0.164 e. The quantitative estimate of drug-likeness (QED) is 0.620. The molecule has 4 aliphatic carbocycles. The van der Waals surface area contributed by atoms with E-state index in [-0.39, 0.29) is 46.4 Å². The van der Waals surface area contributed by atoms with Crippen molar-refractivity contribution in [3.8, 4) is 0 Å². The molecule has 4 saturated carbocycles. The molecule has 0 aromatic heterocycles. The molecule has 2 N–H and O–H groups in total. The highest BCUT2D eigenvalue weighted by Crippen LogP contribution is 2.67. The van der Waals surface area contributed by atoms with Gasteiger partial charge in [-0.3, -0.25) is 9.59 Å². The van der Waals surface area contributed by atoms with Crippen molar-refractivity contribution in [2.45, 2.75) is 105 Å². The molecule has 0 bridgehead atoms. The first-order chi connectivity index (χ1) is 14.9. The Kier molecular flexibility index (Phi) is 6.47. The topological polar surface area (TPSA) is 74.6 Å².